The Labute approximate surface area is 110 Å². The number of nitrogens with two attached hydrogens (primary N) is 1. The molecule has 0 aliphatic carbocycles. The number of carboxylic acids is 1. The Kier molecular flexibility index (Phi) is 3.00. The van der Waals surface area contributed by atoms with Crippen LogP contribution in [0.5, 0.6) is 0 Å². The summed E-state index contributed by atoms with van der Waals surface area (Å²) < 4.78 is 5.48. The number of rotatable bonds is 3. The summed E-state index contributed by atoms with van der Waals surface area (Å²) in [6, 6.07) is 5.68. The summed E-state index contributed by atoms with van der Waals surface area (Å²) in [5.41, 5.74) is 9.66. The fourth-order valence-corrected chi connectivity index (χ4v) is 2.64. The van der Waals surface area contributed by atoms with Crippen LogP contribution < -0.4 is 5.73 Å². The quantitative estimate of drug-likeness (QED) is 0.777. The van der Waals surface area contributed by atoms with Gasteiger partial charge in [-0.3, -0.25) is 4.79 Å². The van der Waals surface area contributed by atoms with Gasteiger partial charge in [0.2, 0.25) is 0 Å². The average Bonchev–Trinajstić information content (AvgIpc) is 2.77. The van der Waals surface area contributed by atoms with Crippen molar-refractivity contribution in [2.24, 2.45) is 5.73 Å². The van der Waals surface area contributed by atoms with Crippen LogP contribution >= 0.6 is 0 Å². The third-order valence-electron chi connectivity index (χ3n) is 3.70. The average molecular weight is 260 g/mol. The number of aliphatic carboxylic acids is 1. The third-order valence-corrected chi connectivity index (χ3v) is 3.70. The first-order valence-electron chi connectivity index (χ1n) is 6.34. The Balaban J connectivity index is 2.11. The molecule has 0 fully saturated rings. The normalized spacial score (nSPS) is 16.3. The van der Waals surface area contributed by atoms with Gasteiger partial charge in [-0.1, -0.05) is 6.07 Å². The number of H-pyrrole nitrogens is 1. The van der Waals surface area contributed by atoms with Gasteiger partial charge in [0.1, 0.15) is 0 Å². The van der Waals surface area contributed by atoms with Gasteiger partial charge in [-0.15, -0.1) is 0 Å². The number of aromatic nitrogens is 1. The van der Waals surface area contributed by atoms with Gasteiger partial charge in [0.15, 0.2) is 0 Å². The van der Waals surface area contributed by atoms with Crippen molar-refractivity contribution in [3.05, 3.63) is 35.0 Å². The molecule has 0 amide bonds. The zero-order chi connectivity index (χ0) is 13.4. The van der Waals surface area contributed by atoms with Gasteiger partial charge in [-0.25, -0.2) is 0 Å². The van der Waals surface area contributed by atoms with Gasteiger partial charge in [0, 0.05) is 35.1 Å². The van der Waals surface area contributed by atoms with Crippen molar-refractivity contribution in [3.8, 4) is 0 Å². The van der Waals surface area contributed by atoms with E-state index in [0.29, 0.717) is 6.61 Å². The van der Waals surface area contributed by atoms with Crippen molar-refractivity contribution in [1.82, 2.24) is 4.98 Å². The molecule has 2 aromatic rings. The highest BCUT2D eigenvalue weighted by Gasteiger charge is 2.21. The van der Waals surface area contributed by atoms with E-state index in [-0.39, 0.29) is 6.54 Å². The van der Waals surface area contributed by atoms with E-state index in [1.54, 1.807) is 0 Å². The number of aromatic amines is 1. The lowest BCUT2D eigenvalue weighted by Gasteiger charge is -2.13. The Morgan fingerprint density at radius 1 is 1.53 bits per heavy atom. The van der Waals surface area contributed by atoms with Crippen molar-refractivity contribution < 1.29 is 14.6 Å². The highest BCUT2D eigenvalue weighted by molar-refractivity contribution is 5.87. The summed E-state index contributed by atoms with van der Waals surface area (Å²) in [6.45, 7) is 1.41. The van der Waals surface area contributed by atoms with E-state index >= 15 is 0 Å². The number of carboxylic acid groups (broad SMARTS) is 1. The molecule has 1 aliphatic rings. The predicted octanol–water partition coefficient (Wildman–Crippen LogP) is 1.37. The Hall–Kier alpha value is -1.85. The fraction of sp³-hybridized carbons (Fsp3) is 0.357. The molecule has 5 heteroatoms. The van der Waals surface area contributed by atoms with E-state index in [4.69, 9.17) is 10.5 Å². The summed E-state index contributed by atoms with van der Waals surface area (Å²) in [6.07, 6.45) is 0.874. The fourth-order valence-electron chi connectivity index (χ4n) is 2.64. The van der Waals surface area contributed by atoms with Crippen LogP contribution in [0.3, 0.4) is 0 Å². The van der Waals surface area contributed by atoms with E-state index < -0.39 is 11.9 Å². The van der Waals surface area contributed by atoms with E-state index in [1.807, 2.05) is 18.2 Å². The second-order valence-corrected chi connectivity index (χ2v) is 4.82. The van der Waals surface area contributed by atoms with Gasteiger partial charge in [0.05, 0.1) is 19.1 Å². The number of hydrogen-bond acceptors (Lipinski definition) is 3. The molecule has 0 saturated carbocycles. The highest BCUT2D eigenvalue weighted by atomic mass is 16.5. The minimum absolute atomic E-state index is 0.101. The maximum Gasteiger partial charge on any atom is 0.312 e. The smallest absolute Gasteiger partial charge is 0.312 e. The summed E-state index contributed by atoms with van der Waals surface area (Å²) in [4.78, 5) is 14.6. The van der Waals surface area contributed by atoms with Crippen LogP contribution in [0.4, 0.5) is 0 Å². The highest BCUT2D eigenvalue weighted by Crippen LogP contribution is 2.29. The van der Waals surface area contributed by atoms with Crippen molar-refractivity contribution in [2.45, 2.75) is 18.9 Å². The third kappa shape index (κ3) is 2.01. The van der Waals surface area contributed by atoms with E-state index in [9.17, 15) is 9.90 Å². The van der Waals surface area contributed by atoms with E-state index in [2.05, 4.69) is 4.98 Å². The molecule has 100 valence electrons. The van der Waals surface area contributed by atoms with Crippen LogP contribution in [0.25, 0.3) is 10.9 Å². The number of ether oxygens (including phenoxy) is 1. The molecule has 0 saturated heterocycles. The standard InChI is InChI=1S/C14H16N2O3/c15-6-10(14(17)18)8-1-2-12-9(5-8)11-7-19-4-3-13(11)16-12/h1-2,5,10,16H,3-4,6-7,15H2,(H,17,18). The lowest BCUT2D eigenvalue weighted by Crippen LogP contribution is -2.21. The van der Waals surface area contributed by atoms with Crippen LogP contribution in [0.1, 0.15) is 22.7 Å². The molecular formula is C14H16N2O3. The van der Waals surface area contributed by atoms with Crippen LogP contribution in [0.15, 0.2) is 18.2 Å². The molecule has 19 heavy (non-hydrogen) atoms. The molecule has 1 aliphatic heterocycles. The summed E-state index contributed by atoms with van der Waals surface area (Å²) in [7, 11) is 0. The number of hydrogen-bond donors (Lipinski definition) is 3. The monoisotopic (exact) mass is 260 g/mol. The molecule has 0 spiro atoms. The van der Waals surface area contributed by atoms with Crippen molar-refractivity contribution in [3.63, 3.8) is 0 Å². The summed E-state index contributed by atoms with van der Waals surface area (Å²) in [5.74, 6) is -1.54. The first-order chi connectivity index (χ1) is 9.20. The molecule has 1 aromatic carbocycles. The molecule has 5 nitrogen and oxygen atoms in total. The van der Waals surface area contributed by atoms with Crippen molar-refractivity contribution in [2.75, 3.05) is 13.2 Å². The first-order valence-corrected chi connectivity index (χ1v) is 6.34. The predicted molar refractivity (Wildman–Crippen MR) is 71.1 cm³/mol. The number of fused-ring (bicyclic) bond motifs is 3. The number of benzene rings is 1. The number of nitrogens with one attached hydrogen (secondary N) is 1. The largest absolute Gasteiger partial charge is 0.481 e. The Morgan fingerprint density at radius 3 is 3.11 bits per heavy atom. The topological polar surface area (TPSA) is 88.3 Å². The molecule has 3 rings (SSSR count). The maximum atomic E-state index is 11.2. The molecule has 0 bridgehead atoms. The van der Waals surface area contributed by atoms with Gasteiger partial charge < -0.3 is 20.6 Å². The SMILES string of the molecule is NCC(C(=O)O)c1ccc2[nH]c3c(c2c1)COCC3. The van der Waals surface area contributed by atoms with Gasteiger partial charge >= 0.3 is 5.97 Å². The molecule has 1 atom stereocenters. The molecule has 2 heterocycles. The summed E-state index contributed by atoms with van der Waals surface area (Å²) >= 11 is 0. The Morgan fingerprint density at radius 2 is 2.37 bits per heavy atom. The van der Waals surface area contributed by atoms with Gasteiger partial charge in [0.25, 0.3) is 0 Å². The maximum absolute atomic E-state index is 11.2. The lowest BCUT2D eigenvalue weighted by atomic mass is 9.97. The second kappa shape index (κ2) is 4.68. The van der Waals surface area contributed by atoms with Crippen LogP contribution in [-0.4, -0.2) is 29.2 Å². The minimum atomic E-state index is -0.887. The van der Waals surface area contributed by atoms with Crippen molar-refractivity contribution in [1.29, 1.82) is 0 Å². The first kappa shape index (κ1) is 12.2. The van der Waals surface area contributed by atoms with Gasteiger partial charge in [-0.2, -0.15) is 0 Å². The van der Waals surface area contributed by atoms with Crippen molar-refractivity contribution >= 4 is 16.9 Å². The molecule has 4 N–H and O–H groups in total. The number of carbonyl (C=O) groups is 1. The zero-order valence-corrected chi connectivity index (χ0v) is 10.5. The second-order valence-electron chi connectivity index (χ2n) is 4.82. The van der Waals surface area contributed by atoms with Gasteiger partial charge in [-0.05, 0) is 17.7 Å². The van der Waals surface area contributed by atoms with Crippen LogP contribution in [-0.2, 0) is 22.6 Å². The molecule has 1 aromatic heterocycles. The van der Waals surface area contributed by atoms with E-state index in [1.165, 1.54) is 5.69 Å². The summed E-state index contributed by atoms with van der Waals surface area (Å²) in [5, 5.41) is 10.2. The zero-order valence-electron chi connectivity index (χ0n) is 10.5. The minimum Gasteiger partial charge on any atom is -0.481 e. The van der Waals surface area contributed by atoms with E-state index in [0.717, 1.165) is 35.1 Å². The molecule has 0 radical (unpaired) electrons. The van der Waals surface area contributed by atoms with Crippen LogP contribution in [0.2, 0.25) is 0 Å². The molecular weight excluding hydrogens is 244 g/mol. The molecule has 1 unspecified atom stereocenters. The lowest BCUT2D eigenvalue weighted by molar-refractivity contribution is -0.138. The van der Waals surface area contributed by atoms with Crippen LogP contribution in [0, 0.1) is 0 Å². The Bertz CT molecular complexity index is 633.